The topological polar surface area (TPSA) is 83.0 Å². The highest BCUT2D eigenvalue weighted by Crippen LogP contribution is 2.11. The highest BCUT2D eigenvalue weighted by molar-refractivity contribution is 5.96. The fourth-order valence-electron chi connectivity index (χ4n) is 2.98. The monoisotopic (exact) mass is 415 g/mol. The van der Waals surface area contributed by atoms with E-state index < -0.39 is 5.82 Å². The van der Waals surface area contributed by atoms with Gasteiger partial charge in [-0.3, -0.25) is 14.4 Å². The highest BCUT2D eigenvalue weighted by atomic mass is 19.1. The summed E-state index contributed by atoms with van der Waals surface area (Å²) in [4.78, 5) is 39.0. The molecule has 7 nitrogen and oxygen atoms in total. The minimum absolute atomic E-state index is 0.0497. The van der Waals surface area contributed by atoms with Gasteiger partial charge >= 0.3 is 0 Å². The van der Waals surface area contributed by atoms with Crippen LogP contribution in [0.3, 0.4) is 0 Å². The van der Waals surface area contributed by atoms with E-state index in [0.717, 1.165) is 0 Å². The second-order valence-corrected chi connectivity index (χ2v) is 6.97. The van der Waals surface area contributed by atoms with Crippen LogP contribution in [0, 0.1) is 5.82 Å². The van der Waals surface area contributed by atoms with Crippen molar-refractivity contribution in [1.29, 1.82) is 0 Å². The van der Waals surface area contributed by atoms with Gasteiger partial charge in [0.25, 0.3) is 17.7 Å². The van der Waals surface area contributed by atoms with Crippen LogP contribution in [0.4, 0.5) is 15.8 Å². The Hall–Kier alpha value is -3.26. The predicted molar refractivity (Wildman–Crippen MR) is 114 cm³/mol. The van der Waals surface area contributed by atoms with E-state index in [1.807, 2.05) is 13.8 Å². The number of carbonyl (C=O) groups is 3. The van der Waals surface area contributed by atoms with Gasteiger partial charge in [-0.15, -0.1) is 0 Å². The van der Waals surface area contributed by atoms with Gasteiger partial charge in [0.05, 0.1) is 7.05 Å². The molecule has 3 amide bonds. The normalized spacial score (nSPS) is 11.5. The number of rotatable bonds is 9. The first kappa shape index (κ1) is 23.0. The number of nitrogens with one attached hydrogen (secondary N) is 3. The number of anilines is 2. The van der Waals surface area contributed by atoms with Gasteiger partial charge < -0.3 is 20.4 Å². The SMILES string of the molecule is CCN(CC)C(=O)c1ccc(NC(=O)C[NH+](C)CC(=O)Nc2cccc(F)c2)cc1. The van der Waals surface area contributed by atoms with Crippen LogP contribution in [0.1, 0.15) is 24.2 Å². The third-order valence-electron chi connectivity index (χ3n) is 4.50. The van der Waals surface area contributed by atoms with Gasteiger partial charge in [-0.05, 0) is 56.3 Å². The number of amides is 3. The third kappa shape index (κ3) is 6.97. The molecule has 0 saturated heterocycles. The molecule has 0 heterocycles. The van der Waals surface area contributed by atoms with E-state index in [9.17, 15) is 18.8 Å². The Morgan fingerprint density at radius 2 is 1.47 bits per heavy atom. The van der Waals surface area contributed by atoms with Gasteiger partial charge in [0, 0.05) is 30.0 Å². The zero-order chi connectivity index (χ0) is 22.1. The molecule has 1 atom stereocenters. The lowest BCUT2D eigenvalue weighted by Crippen LogP contribution is -3.11. The van der Waals surface area contributed by atoms with E-state index in [-0.39, 0.29) is 30.8 Å². The summed E-state index contributed by atoms with van der Waals surface area (Å²) in [5.74, 6) is -1.05. The van der Waals surface area contributed by atoms with E-state index in [4.69, 9.17) is 0 Å². The molecule has 0 aliphatic rings. The zero-order valence-corrected chi connectivity index (χ0v) is 17.5. The molecule has 0 aliphatic heterocycles. The summed E-state index contributed by atoms with van der Waals surface area (Å²) in [6.07, 6.45) is 0. The molecule has 160 valence electrons. The molecule has 0 fully saturated rings. The van der Waals surface area contributed by atoms with Crippen molar-refractivity contribution >= 4 is 29.1 Å². The number of carbonyl (C=O) groups excluding carboxylic acids is 3. The average Bonchev–Trinajstić information content (AvgIpc) is 2.69. The summed E-state index contributed by atoms with van der Waals surface area (Å²) in [6.45, 7) is 5.25. The lowest BCUT2D eigenvalue weighted by molar-refractivity contribution is -0.862. The standard InChI is InChI=1S/C22H27FN4O3/c1-4-27(5-2)22(30)16-9-11-18(12-10-16)24-20(28)14-26(3)15-21(29)25-19-8-6-7-17(23)13-19/h6-13H,4-5,14-15H2,1-3H3,(H,24,28)(H,25,29)/p+1. The van der Waals surface area contributed by atoms with Crippen molar-refractivity contribution in [1.82, 2.24) is 4.90 Å². The predicted octanol–water partition coefficient (Wildman–Crippen LogP) is 1.40. The first-order valence-corrected chi connectivity index (χ1v) is 9.88. The quantitative estimate of drug-likeness (QED) is 0.579. The van der Waals surface area contributed by atoms with E-state index in [1.54, 1.807) is 42.3 Å². The summed E-state index contributed by atoms with van der Waals surface area (Å²) in [6, 6.07) is 12.4. The molecule has 0 radical (unpaired) electrons. The van der Waals surface area contributed by atoms with Gasteiger partial charge in [0.2, 0.25) is 0 Å². The fraction of sp³-hybridized carbons (Fsp3) is 0.318. The molecule has 3 N–H and O–H groups in total. The Morgan fingerprint density at radius 3 is 2.00 bits per heavy atom. The molecule has 0 spiro atoms. The lowest BCUT2D eigenvalue weighted by Gasteiger charge is -2.18. The Balaban J connectivity index is 1.83. The number of quaternary nitrogens is 1. The summed E-state index contributed by atoms with van der Waals surface area (Å²) < 4.78 is 13.2. The largest absolute Gasteiger partial charge is 0.339 e. The minimum atomic E-state index is -0.433. The Kier molecular flexibility index (Phi) is 8.49. The smallest absolute Gasteiger partial charge is 0.279 e. The van der Waals surface area contributed by atoms with Crippen LogP contribution in [0.25, 0.3) is 0 Å². The first-order valence-electron chi connectivity index (χ1n) is 9.88. The van der Waals surface area contributed by atoms with Gasteiger partial charge in [-0.25, -0.2) is 4.39 Å². The van der Waals surface area contributed by atoms with Crippen LogP contribution in [0.5, 0.6) is 0 Å². The summed E-state index contributed by atoms with van der Waals surface area (Å²) >= 11 is 0. The fourth-order valence-corrected chi connectivity index (χ4v) is 2.98. The number of hydrogen-bond donors (Lipinski definition) is 3. The maximum atomic E-state index is 13.2. The molecular formula is C22H28FN4O3+. The van der Waals surface area contributed by atoms with Crippen LogP contribution in [0.15, 0.2) is 48.5 Å². The van der Waals surface area contributed by atoms with Gasteiger partial charge in [0.1, 0.15) is 5.82 Å². The van der Waals surface area contributed by atoms with E-state index in [0.29, 0.717) is 34.9 Å². The third-order valence-corrected chi connectivity index (χ3v) is 4.50. The zero-order valence-electron chi connectivity index (χ0n) is 17.5. The summed E-state index contributed by atoms with van der Waals surface area (Å²) in [7, 11) is 1.72. The molecule has 30 heavy (non-hydrogen) atoms. The van der Waals surface area contributed by atoms with Crippen molar-refractivity contribution in [3.8, 4) is 0 Å². The minimum Gasteiger partial charge on any atom is -0.339 e. The second kappa shape index (κ2) is 11.1. The van der Waals surface area contributed by atoms with Crippen LogP contribution < -0.4 is 15.5 Å². The van der Waals surface area contributed by atoms with Crippen LogP contribution >= 0.6 is 0 Å². The average molecular weight is 415 g/mol. The van der Waals surface area contributed by atoms with Gasteiger partial charge in [-0.2, -0.15) is 0 Å². The van der Waals surface area contributed by atoms with E-state index in [1.165, 1.54) is 18.2 Å². The van der Waals surface area contributed by atoms with Crippen molar-refractivity contribution in [3.63, 3.8) is 0 Å². The van der Waals surface area contributed by atoms with E-state index >= 15 is 0 Å². The number of hydrogen-bond acceptors (Lipinski definition) is 3. The highest BCUT2D eigenvalue weighted by Gasteiger charge is 2.16. The summed E-state index contributed by atoms with van der Waals surface area (Å²) in [5, 5.41) is 5.37. The molecule has 1 unspecified atom stereocenters. The van der Waals surface area contributed by atoms with Crippen molar-refractivity contribution in [2.45, 2.75) is 13.8 Å². The molecule has 0 aromatic heterocycles. The molecule has 8 heteroatoms. The maximum Gasteiger partial charge on any atom is 0.279 e. The molecule has 0 aliphatic carbocycles. The molecular weight excluding hydrogens is 387 g/mol. The van der Waals surface area contributed by atoms with Crippen LogP contribution in [0.2, 0.25) is 0 Å². The van der Waals surface area contributed by atoms with Crippen LogP contribution in [-0.4, -0.2) is 55.8 Å². The number of nitrogens with zero attached hydrogens (tertiary/aromatic N) is 1. The van der Waals surface area contributed by atoms with Crippen molar-refractivity contribution in [2.24, 2.45) is 0 Å². The Bertz CT molecular complexity index is 882. The molecule has 2 aromatic rings. The van der Waals surface area contributed by atoms with Crippen molar-refractivity contribution in [3.05, 3.63) is 59.9 Å². The number of benzene rings is 2. The number of likely N-dealkylation sites (N-methyl/N-ethyl adjacent to an activating group) is 1. The molecule has 0 saturated carbocycles. The van der Waals surface area contributed by atoms with Crippen molar-refractivity contribution < 1.29 is 23.7 Å². The first-order chi connectivity index (χ1) is 14.3. The van der Waals surface area contributed by atoms with Gasteiger partial charge in [-0.1, -0.05) is 6.07 Å². The number of halogens is 1. The Labute approximate surface area is 175 Å². The van der Waals surface area contributed by atoms with Gasteiger partial charge in [0.15, 0.2) is 13.1 Å². The van der Waals surface area contributed by atoms with Crippen LogP contribution in [-0.2, 0) is 9.59 Å². The second-order valence-electron chi connectivity index (χ2n) is 6.97. The molecule has 2 rings (SSSR count). The molecule has 0 bridgehead atoms. The lowest BCUT2D eigenvalue weighted by atomic mass is 10.1. The van der Waals surface area contributed by atoms with E-state index in [2.05, 4.69) is 10.6 Å². The summed E-state index contributed by atoms with van der Waals surface area (Å²) in [5.41, 5.74) is 1.51. The molecule has 2 aromatic carbocycles. The Morgan fingerprint density at radius 1 is 0.900 bits per heavy atom. The maximum absolute atomic E-state index is 13.2. The van der Waals surface area contributed by atoms with Crippen molar-refractivity contribution in [2.75, 3.05) is 43.9 Å².